The van der Waals surface area contributed by atoms with Gasteiger partial charge in [-0.25, -0.2) is 0 Å². The molecule has 1 unspecified atom stereocenters. The molecule has 3 N–H and O–H groups in total. The number of carbonyl (C=O) groups is 3. The summed E-state index contributed by atoms with van der Waals surface area (Å²) in [6.45, 7) is 0.883. The molecule has 2 fully saturated rings. The van der Waals surface area contributed by atoms with Crippen LogP contribution in [0.1, 0.15) is 44.9 Å². The molecule has 0 aromatic rings. The van der Waals surface area contributed by atoms with E-state index in [1.54, 1.807) is 0 Å². The van der Waals surface area contributed by atoms with Crippen molar-refractivity contribution in [3.63, 3.8) is 0 Å². The molecule has 0 aromatic carbocycles. The fourth-order valence-electron chi connectivity index (χ4n) is 2.97. The van der Waals surface area contributed by atoms with Crippen molar-refractivity contribution in [1.82, 2.24) is 10.2 Å². The highest BCUT2D eigenvalue weighted by Gasteiger charge is 2.32. The molecular formula is C15H25N3O3. The molecule has 118 valence electrons. The highest BCUT2D eigenvalue weighted by atomic mass is 16.2. The van der Waals surface area contributed by atoms with E-state index in [1.165, 1.54) is 12.8 Å². The van der Waals surface area contributed by atoms with Gasteiger partial charge in [0.15, 0.2) is 0 Å². The number of ketones is 1. The summed E-state index contributed by atoms with van der Waals surface area (Å²) in [7, 11) is 1.90. The molecule has 0 spiro atoms. The van der Waals surface area contributed by atoms with E-state index in [1.807, 2.05) is 11.9 Å². The third-order valence-electron chi connectivity index (χ3n) is 4.50. The van der Waals surface area contributed by atoms with Gasteiger partial charge in [0, 0.05) is 0 Å². The van der Waals surface area contributed by atoms with Crippen LogP contribution >= 0.6 is 0 Å². The van der Waals surface area contributed by atoms with Crippen LogP contribution in [0.5, 0.6) is 0 Å². The Hall–Kier alpha value is -1.43. The average molecular weight is 295 g/mol. The van der Waals surface area contributed by atoms with Gasteiger partial charge in [0.2, 0.25) is 11.7 Å². The van der Waals surface area contributed by atoms with Gasteiger partial charge in [-0.1, -0.05) is 25.7 Å². The molecule has 1 saturated heterocycles. The van der Waals surface area contributed by atoms with Crippen LogP contribution in [0.4, 0.5) is 0 Å². The summed E-state index contributed by atoms with van der Waals surface area (Å²) in [6, 6.07) is -0.959. The van der Waals surface area contributed by atoms with Gasteiger partial charge in [-0.05, 0) is 38.8 Å². The molecule has 6 nitrogen and oxygen atoms in total. The number of hydrogen-bond donors (Lipinski definition) is 2. The summed E-state index contributed by atoms with van der Waals surface area (Å²) >= 11 is 0. The molecule has 6 heteroatoms. The molecule has 1 aliphatic carbocycles. The molecule has 1 heterocycles. The fraction of sp³-hybridized carbons (Fsp3) is 0.800. The number of nitrogens with zero attached hydrogens (tertiary/aromatic N) is 1. The molecule has 0 bridgehead atoms. The Morgan fingerprint density at radius 1 is 1.29 bits per heavy atom. The largest absolute Gasteiger partial charge is 0.363 e. The normalized spacial score (nSPS) is 23.8. The van der Waals surface area contributed by atoms with Crippen molar-refractivity contribution < 1.29 is 14.4 Å². The lowest BCUT2D eigenvalue weighted by Gasteiger charge is -2.22. The van der Waals surface area contributed by atoms with Gasteiger partial charge in [-0.15, -0.1) is 0 Å². The third kappa shape index (κ3) is 4.52. The number of amides is 2. The first kappa shape index (κ1) is 15.9. The van der Waals surface area contributed by atoms with Crippen molar-refractivity contribution in [2.45, 2.75) is 57.0 Å². The Bertz CT molecular complexity index is 420. The Kier molecular flexibility index (Phi) is 5.33. The number of likely N-dealkylation sites (tertiary alicyclic amines) is 1. The Morgan fingerprint density at radius 3 is 2.52 bits per heavy atom. The Balaban J connectivity index is 1.88. The summed E-state index contributed by atoms with van der Waals surface area (Å²) < 4.78 is 0. The van der Waals surface area contributed by atoms with Gasteiger partial charge in [0.1, 0.15) is 0 Å². The first-order valence-corrected chi connectivity index (χ1v) is 7.83. The van der Waals surface area contributed by atoms with Crippen molar-refractivity contribution in [2.24, 2.45) is 11.7 Å². The van der Waals surface area contributed by atoms with Crippen LogP contribution in [0.2, 0.25) is 0 Å². The second kappa shape index (κ2) is 7.02. The topological polar surface area (TPSA) is 92.5 Å². The molecule has 0 radical (unpaired) electrons. The van der Waals surface area contributed by atoms with Crippen LogP contribution in [-0.2, 0) is 14.4 Å². The van der Waals surface area contributed by atoms with Gasteiger partial charge in [0.25, 0.3) is 5.91 Å². The first-order valence-electron chi connectivity index (χ1n) is 7.83. The van der Waals surface area contributed by atoms with Gasteiger partial charge >= 0.3 is 0 Å². The smallest absolute Gasteiger partial charge is 0.287 e. The molecule has 2 rings (SSSR count). The van der Waals surface area contributed by atoms with E-state index in [-0.39, 0.29) is 11.9 Å². The lowest BCUT2D eigenvalue weighted by molar-refractivity contribution is -0.139. The van der Waals surface area contributed by atoms with Crippen molar-refractivity contribution in [3.8, 4) is 0 Å². The molecule has 2 amide bonds. The van der Waals surface area contributed by atoms with E-state index in [9.17, 15) is 14.4 Å². The summed E-state index contributed by atoms with van der Waals surface area (Å²) in [6.07, 6.45) is 6.69. The lowest BCUT2D eigenvalue weighted by atomic mass is 10.0. The van der Waals surface area contributed by atoms with E-state index in [0.29, 0.717) is 6.42 Å². The second-order valence-electron chi connectivity index (χ2n) is 6.30. The summed E-state index contributed by atoms with van der Waals surface area (Å²) in [5, 5.41) is 2.73. The number of likely N-dealkylation sites (N-methyl/N-ethyl adjacent to an activating group) is 1. The van der Waals surface area contributed by atoms with Crippen LogP contribution in [0.3, 0.4) is 0 Å². The SMILES string of the molecule is CN1CCC[C@H]1C(=O)NC(CCCC1CC1)C(=O)C(N)=O. The van der Waals surface area contributed by atoms with E-state index < -0.39 is 17.7 Å². The standard InChI is InChI=1S/C15H25N3O3/c1-18-9-3-6-12(18)15(21)17-11(13(19)14(16)20)5-2-4-10-7-8-10/h10-12H,2-9H2,1H3,(H2,16,20)(H,17,21)/t11?,12-/m0/s1. The molecule has 1 aliphatic heterocycles. The van der Waals surface area contributed by atoms with E-state index in [2.05, 4.69) is 5.32 Å². The van der Waals surface area contributed by atoms with Crippen LogP contribution in [0, 0.1) is 5.92 Å². The minimum atomic E-state index is -0.966. The second-order valence-corrected chi connectivity index (χ2v) is 6.30. The highest BCUT2D eigenvalue weighted by Crippen LogP contribution is 2.34. The number of hydrogen-bond acceptors (Lipinski definition) is 4. The zero-order valence-electron chi connectivity index (χ0n) is 12.6. The molecule has 1 saturated carbocycles. The first-order chi connectivity index (χ1) is 9.99. The van der Waals surface area contributed by atoms with Gasteiger partial charge in [-0.3, -0.25) is 19.3 Å². The lowest BCUT2D eigenvalue weighted by Crippen LogP contribution is -2.51. The highest BCUT2D eigenvalue weighted by molar-refractivity contribution is 6.37. The maximum Gasteiger partial charge on any atom is 0.287 e. The average Bonchev–Trinajstić information content (AvgIpc) is 3.16. The zero-order chi connectivity index (χ0) is 15.4. The number of nitrogens with two attached hydrogens (primary N) is 1. The van der Waals surface area contributed by atoms with Crippen LogP contribution in [0.15, 0.2) is 0 Å². The number of rotatable bonds is 8. The predicted octanol–water partition coefficient (Wildman–Crippen LogP) is 0.200. The molecule has 2 aliphatic rings. The number of primary amides is 1. The number of carbonyl (C=O) groups excluding carboxylic acids is 3. The van der Waals surface area contributed by atoms with Gasteiger partial charge < -0.3 is 11.1 Å². The minimum absolute atomic E-state index is 0.166. The summed E-state index contributed by atoms with van der Waals surface area (Å²) in [5.74, 6) is -1.04. The Labute approximate surface area is 125 Å². The monoisotopic (exact) mass is 295 g/mol. The molecule has 0 aromatic heterocycles. The van der Waals surface area contributed by atoms with Crippen molar-refractivity contribution in [1.29, 1.82) is 0 Å². The summed E-state index contributed by atoms with van der Waals surface area (Å²) in [4.78, 5) is 37.2. The quantitative estimate of drug-likeness (QED) is 0.626. The maximum atomic E-state index is 12.2. The molecular weight excluding hydrogens is 270 g/mol. The van der Waals surface area contributed by atoms with Crippen molar-refractivity contribution >= 4 is 17.6 Å². The number of nitrogens with one attached hydrogen (secondary N) is 1. The van der Waals surface area contributed by atoms with Gasteiger partial charge in [-0.2, -0.15) is 0 Å². The Morgan fingerprint density at radius 2 is 2.00 bits per heavy atom. The zero-order valence-corrected chi connectivity index (χ0v) is 12.6. The van der Waals surface area contributed by atoms with Crippen LogP contribution in [0.25, 0.3) is 0 Å². The van der Waals surface area contributed by atoms with Gasteiger partial charge in [0.05, 0.1) is 12.1 Å². The van der Waals surface area contributed by atoms with E-state index in [4.69, 9.17) is 5.73 Å². The molecule has 21 heavy (non-hydrogen) atoms. The minimum Gasteiger partial charge on any atom is -0.363 e. The van der Waals surface area contributed by atoms with Crippen molar-refractivity contribution in [2.75, 3.05) is 13.6 Å². The predicted molar refractivity (Wildman–Crippen MR) is 78.4 cm³/mol. The van der Waals surface area contributed by atoms with E-state index in [0.717, 1.165) is 38.1 Å². The maximum absolute atomic E-state index is 12.2. The summed E-state index contributed by atoms with van der Waals surface area (Å²) in [5.41, 5.74) is 5.09. The van der Waals surface area contributed by atoms with Crippen LogP contribution < -0.4 is 11.1 Å². The fourth-order valence-corrected chi connectivity index (χ4v) is 2.97. The molecule has 2 atom stereocenters. The number of Topliss-reactive ketones (excluding diaryl/α,β-unsaturated/α-hetero) is 1. The van der Waals surface area contributed by atoms with E-state index >= 15 is 0 Å². The van der Waals surface area contributed by atoms with Crippen molar-refractivity contribution in [3.05, 3.63) is 0 Å². The third-order valence-corrected chi connectivity index (χ3v) is 4.50. The van der Waals surface area contributed by atoms with Crippen LogP contribution in [-0.4, -0.2) is 48.2 Å².